The van der Waals surface area contributed by atoms with Gasteiger partial charge in [-0.1, -0.05) is 48.0 Å². The molecule has 0 fully saturated rings. The van der Waals surface area contributed by atoms with Gasteiger partial charge in [-0.25, -0.2) is 0 Å². The highest BCUT2D eigenvalue weighted by Gasteiger charge is 2.28. The first kappa shape index (κ1) is 24.3. The van der Waals surface area contributed by atoms with Crippen molar-refractivity contribution in [2.75, 3.05) is 5.75 Å². The Hall–Kier alpha value is -1.98. The molecule has 0 spiro atoms. The van der Waals surface area contributed by atoms with Crippen molar-refractivity contribution < 1.29 is 9.59 Å². The Morgan fingerprint density at radius 1 is 1.13 bits per heavy atom. The Morgan fingerprint density at radius 2 is 1.83 bits per heavy atom. The van der Waals surface area contributed by atoms with Crippen LogP contribution in [0.2, 0.25) is 5.02 Å². The van der Waals surface area contributed by atoms with Gasteiger partial charge in [-0.2, -0.15) is 0 Å². The Kier molecular flexibility index (Phi) is 8.80. The number of nitrogens with zero attached hydrogens (tertiary/aromatic N) is 1. The van der Waals surface area contributed by atoms with Crippen LogP contribution in [-0.2, 0) is 21.9 Å². The zero-order valence-electron chi connectivity index (χ0n) is 18.4. The molecule has 0 bridgehead atoms. The summed E-state index contributed by atoms with van der Waals surface area (Å²) in [6.07, 6.45) is 0. The summed E-state index contributed by atoms with van der Waals surface area (Å²) in [5.41, 5.74) is 2.96. The Morgan fingerprint density at radius 3 is 2.47 bits per heavy atom. The average Bonchev–Trinajstić information content (AvgIpc) is 2.65. The van der Waals surface area contributed by atoms with E-state index in [1.54, 1.807) is 29.7 Å². The molecule has 2 aromatic carbocycles. The van der Waals surface area contributed by atoms with Gasteiger partial charge >= 0.3 is 0 Å². The molecule has 0 saturated heterocycles. The van der Waals surface area contributed by atoms with Crippen molar-refractivity contribution >= 4 is 35.2 Å². The lowest BCUT2D eigenvalue weighted by atomic mass is 10.1. The number of hydrogen-bond donors (Lipinski definition) is 1. The second-order valence-corrected chi connectivity index (χ2v) is 9.91. The molecule has 1 atom stereocenters. The lowest BCUT2D eigenvalue weighted by molar-refractivity contribution is -0.139. The van der Waals surface area contributed by atoms with Gasteiger partial charge in [0.1, 0.15) is 6.04 Å². The second-order valence-electron chi connectivity index (χ2n) is 8.49. The van der Waals surface area contributed by atoms with E-state index in [1.807, 2.05) is 51.1 Å². The zero-order chi connectivity index (χ0) is 22.3. The minimum atomic E-state index is -0.588. The van der Waals surface area contributed by atoms with Gasteiger partial charge in [-0.15, -0.1) is 11.8 Å². The van der Waals surface area contributed by atoms with Crippen LogP contribution in [0.1, 0.15) is 44.4 Å². The predicted molar refractivity (Wildman–Crippen MR) is 127 cm³/mol. The van der Waals surface area contributed by atoms with Gasteiger partial charge in [0.2, 0.25) is 11.8 Å². The third kappa shape index (κ3) is 7.69. The molecule has 0 saturated carbocycles. The highest BCUT2D eigenvalue weighted by Crippen LogP contribution is 2.19. The highest BCUT2D eigenvalue weighted by molar-refractivity contribution is 7.99. The average molecular weight is 447 g/mol. The summed E-state index contributed by atoms with van der Waals surface area (Å²) < 4.78 is 0. The summed E-state index contributed by atoms with van der Waals surface area (Å²) in [6, 6.07) is 15.0. The van der Waals surface area contributed by atoms with E-state index in [1.165, 1.54) is 11.1 Å². The first-order valence-corrected chi connectivity index (χ1v) is 11.6. The van der Waals surface area contributed by atoms with Gasteiger partial charge in [0.25, 0.3) is 0 Å². The lowest BCUT2D eigenvalue weighted by Crippen LogP contribution is -2.52. The van der Waals surface area contributed by atoms with E-state index < -0.39 is 6.04 Å². The summed E-state index contributed by atoms with van der Waals surface area (Å²) >= 11 is 7.68. The van der Waals surface area contributed by atoms with Crippen LogP contribution in [0.5, 0.6) is 0 Å². The number of halogens is 1. The van der Waals surface area contributed by atoms with Crippen LogP contribution >= 0.6 is 23.4 Å². The van der Waals surface area contributed by atoms with Crippen molar-refractivity contribution in [1.29, 1.82) is 0 Å². The molecule has 0 radical (unpaired) electrons. The molecule has 1 N–H and O–H groups in total. The molecule has 0 aliphatic heterocycles. The molecule has 6 heteroatoms. The van der Waals surface area contributed by atoms with Crippen molar-refractivity contribution in [2.45, 2.75) is 58.5 Å². The smallest absolute Gasteiger partial charge is 0.242 e. The first-order valence-electron chi connectivity index (χ1n) is 10.0. The van der Waals surface area contributed by atoms with Gasteiger partial charge < -0.3 is 10.2 Å². The van der Waals surface area contributed by atoms with Crippen LogP contribution in [0.4, 0.5) is 0 Å². The first-order chi connectivity index (χ1) is 14.1. The van der Waals surface area contributed by atoms with Gasteiger partial charge in [-0.05, 0) is 63.4 Å². The van der Waals surface area contributed by atoms with Crippen molar-refractivity contribution in [3.8, 4) is 0 Å². The Bertz CT molecular complexity index is 880. The van der Waals surface area contributed by atoms with E-state index >= 15 is 0 Å². The number of rotatable bonds is 8. The Balaban J connectivity index is 2.11. The number of thioether (sulfide) groups is 1. The fraction of sp³-hybridized carbons (Fsp3) is 0.417. The summed E-state index contributed by atoms with van der Waals surface area (Å²) in [7, 11) is 0. The summed E-state index contributed by atoms with van der Waals surface area (Å²) in [5.74, 6) is 0.834. The largest absolute Gasteiger partial charge is 0.350 e. The molecule has 0 heterocycles. The van der Waals surface area contributed by atoms with Crippen LogP contribution in [0.15, 0.2) is 48.5 Å². The molecule has 30 heavy (non-hydrogen) atoms. The van der Waals surface area contributed by atoms with E-state index in [0.717, 1.165) is 11.3 Å². The van der Waals surface area contributed by atoms with E-state index in [9.17, 15) is 9.59 Å². The lowest BCUT2D eigenvalue weighted by Gasteiger charge is -2.31. The standard InChI is InChI=1S/C24H31ClN2O2S/c1-17-9-6-7-11-20(17)15-30-16-22(28)27(14-19-10-8-12-21(25)13-19)18(2)23(29)26-24(3,4)5/h6-13,18H,14-16H2,1-5H3,(H,26,29). The van der Waals surface area contributed by atoms with Crippen LogP contribution in [-0.4, -0.2) is 34.0 Å². The molecular weight excluding hydrogens is 416 g/mol. The van der Waals surface area contributed by atoms with Gasteiger partial charge in [0.15, 0.2) is 0 Å². The fourth-order valence-electron chi connectivity index (χ4n) is 2.99. The Labute approximate surface area is 189 Å². The number of carbonyl (C=O) groups excluding carboxylic acids is 2. The SMILES string of the molecule is Cc1ccccc1CSCC(=O)N(Cc1cccc(Cl)c1)C(C)C(=O)NC(C)(C)C. The maximum Gasteiger partial charge on any atom is 0.242 e. The van der Waals surface area contributed by atoms with Crippen molar-refractivity contribution in [3.05, 3.63) is 70.2 Å². The molecule has 0 aliphatic rings. The molecular formula is C24H31ClN2O2S. The summed E-state index contributed by atoms with van der Waals surface area (Å²) in [6.45, 7) is 9.97. The van der Waals surface area contributed by atoms with Crippen LogP contribution in [0.25, 0.3) is 0 Å². The van der Waals surface area contributed by atoms with E-state index in [4.69, 9.17) is 11.6 Å². The number of carbonyl (C=O) groups is 2. The van der Waals surface area contributed by atoms with Crippen LogP contribution < -0.4 is 5.32 Å². The third-order valence-corrected chi connectivity index (χ3v) is 5.85. The molecule has 1 unspecified atom stereocenters. The number of nitrogens with one attached hydrogen (secondary N) is 1. The van der Waals surface area contributed by atoms with E-state index in [-0.39, 0.29) is 17.4 Å². The molecule has 0 aliphatic carbocycles. The summed E-state index contributed by atoms with van der Waals surface area (Å²) in [4.78, 5) is 27.5. The second kappa shape index (κ2) is 10.9. The van der Waals surface area contributed by atoms with Crippen molar-refractivity contribution in [1.82, 2.24) is 10.2 Å². The van der Waals surface area contributed by atoms with Gasteiger partial charge in [-0.3, -0.25) is 9.59 Å². The van der Waals surface area contributed by atoms with Crippen molar-refractivity contribution in [3.63, 3.8) is 0 Å². The molecule has 2 amide bonds. The third-order valence-electron chi connectivity index (χ3n) is 4.65. The minimum absolute atomic E-state index is 0.0647. The molecule has 4 nitrogen and oxygen atoms in total. The number of hydrogen-bond acceptors (Lipinski definition) is 3. The predicted octanol–water partition coefficient (Wildman–Crippen LogP) is 5.21. The van der Waals surface area contributed by atoms with E-state index in [0.29, 0.717) is 17.3 Å². The summed E-state index contributed by atoms with van der Waals surface area (Å²) in [5, 5.41) is 3.59. The normalized spacial score (nSPS) is 12.3. The molecule has 162 valence electrons. The van der Waals surface area contributed by atoms with Crippen LogP contribution in [0, 0.1) is 6.92 Å². The minimum Gasteiger partial charge on any atom is -0.350 e. The highest BCUT2D eigenvalue weighted by atomic mass is 35.5. The molecule has 2 rings (SSSR count). The number of benzene rings is 2. The quantitative estimate of drug-likeness (QED) is 0.605. The topological polar surface area (TPSA) is 49.4 Å². The fourth-order valence-corrected chi connectivity index (χ4v) is 4.19. The van der Waals surface area contributed by atoms with Crippen molar-refractivity contribution in [2.24, 2.45) is 0 Å². The van der Waals surface area contributed by atoms with Gasteiger partial charge in [0, 0.05) is 22.9 Å². The van der Waals surface area contributed by atoms with Gasteiger partial charge in [0.05, 0.1) is 5.75 Å². The molecule has 0 aromatic heterocycles. The van der Waals surface area contributed by atoms with Crippen LogP contribution in [0.3, 0.4) is 0 Å². The maximum atomic E-state index is 13.1. The van der Waals surface area contributed by atoms with E-state index in [2.05, 4.69) is 24.4 Å². The number of aryl methyl sites for hydroxylation is 1. The monoisotopic (exact) mass is 446 g/mol. The maximum absolute atomic E-state index is 13.1. The number of amides is 2. The molecule has 2 aromatic rings. The zero-order valence-corrected chi connectivity index (χ0v) is 19.9.